The van der Waals surface area contributed by atoms with Gasteiger partial charge in [-0.3, -0.25) is 9.59 Å². The van der Waals surface area contributed by atoms with Gasteiger partial charge < -0.3 is 10.2 Å². The summed E-state index contributed by atoms with van der Waals surface area (Å²) in [5, 5.41) is 3.12. The molecule has 158 valence electrons. The molecule has 4 nitrogen and oxygen atoms in total. The number of amides is 2. The van der Waals surface area contributed by atoms with Crippen LogP contribution in [0.15, 0.2) is 78.9 Å². The standard InChI is InChI=1S/C27H28N2O2/c1-19-10-9-15-25(20(19)2)29-18-23(16-26(29)30)27(31)28-17-24(21-11-5-3-6-12-21)22-13-7-4-8-14-22/h3-15,23-24H,16-18H2,1-2H3,(H,28,31)/t23-/m1/s1. The highest BCUT2D eigenvalue weighted by Crippen LogP contribution is 2.30. The summed E-state index contributed by atoms with van der Waals surface area (Å²) in [6.07, 6.45) is 0.251. The lowest BCUT2D eigenvalue weighted by atomic mass is 9.91. The van der Waals surface area contributed by atoms with E-state index in [1.54, 1.807) is 4.90 Å². The molecule has 1 atom stereocenters. The number of anilines is 1. The van der Waals surface area contributed by atoms with E-state index < -0.39 is 0 Å². The maximum absolute atomic E-state index is 13.0. The lowest BCUT2D eigenvalue weighted by molar-refractivity contribution is -0.126. The molecule has 1 heterocycles. The van der Waals surface area contributed by atoms with E-state index in [1.807, 2.05) is 68.4 Å². The zero-order valence-electron chi connectivity index (χ0n) is 18.0. The molecule has 1 saturated heterocycles. The highest BCUT2D eigenvalue weighted by Gasteiger charge is 2.36. The van der Waals surface area contributed by atoms with Crippen molar-refractivity contribution in [3.63, 3.8) is 0 Å². The van der Waals surface area contributed by atoms with Crippen molar-refractivity contribution in [3.8, 4) is 0 Å². The molecule has 4 rings (SSSR count). The lowest BCUT2D eigenvalue weighted by Crippen LogP contribution is -2.35. The summed E-state index contributed by atoms with van der Waals surface area (Å²) in [6, 6.07) is 26.4. The molecule has 0 unspecified atom stereocenters. The Morgan fingerprint density at radius 2 is 1.55 bits per heavy atom. The molecule has 0 saturated carbocycles. The maximum atomic E-state index is 13.0. The molecule has 1 fully saturated rings. The molecule has 1 aliphatic heterocycles. The van der Waals surface area contributed by atoms with E-state index in [0.29, 0.717) is 13.1 Å². The van der Waals surface area contributed by atoms with Gasteiger partial charge in [0.25, 0.3) is 0 Å². The highest BCUT2D eigenvalue weighted by molar-refractivity contribution is 6.00. The summed E-state index contributed by atoms with van der Waals surface area (Å²) in [7, 11) is 0. The number of carbonyl (C=O) groups is 2. The van der Waals surface area contributed by atoms with E-state index in [-0.39, 0.29) is 30.1 Å². The Hall–Kier alpha value is -3.40. The second kappa shape index (κ2) is 9.17. The molecule has 1 aliphatic rings. The van der Waals surface area contributed by atoms with Crippen LogP contribution in [0.3, 0.4) is 0 Å². The van der Waals surface area contributed by atoms with E-state index in [4.69, 9.17) is 0 Å². The first-order valence-corrected chi connectivity index (χ1v) is 10.8. The van der Waals surface area contributed by atoms with Crippen LogP contribution in [0, 0.1) is 19.8 Å². The van der Waals surface area contributed by atoms with Gasteiger partial charge in [0.1, 0.15) is 0 Å². The summed E-state index contributed by atoms with van der Waals surface area (Å²) in [4.78, 5) is 27.4. The van der Waals surface area contributed by atoms with Gasteiger partial charge in [0.2, 0.25) is 11.8 Å². The number of aryl methyl sites for hydroxylation is 1. The van der Waals surface area contributed by atoms with E-state index in [0.717, 1.165) is 27.9 Å². The van der Waals surface area contributed by atoms with Crippen LogP contribution in [-0.2, 0) is 9.59 Å². The van der Waals surface area contributed by atoms with Crippen LogP contribution in [0.4, 0.5) is 5.69 Å². The van der Waals surface area contributed by atoms with Crippen LogP contribution in [-0.4, -0.2) is 24.9 Å². The van der Waals surface area contributed by atoms with Gasteiger partial charge in [-0.05, 0) is 42.2 Å². The van der Waals surface area contributed by atoms with Crippen molar-refractivity contribution in [3.05, 3.63) is 101 Å². The molecule has 3 aromatic rings. The third kappa shape index (κ3) is 4.53. The number of hydrogen-bond acceptors (Lipinski definition) is 2. The lowest BCUT2D eigenvalue weighted by Gasteiger charge is -2.21. The summed E-state index contributed by atoms with van der Waals surface area (Å²) in [5.74, 6) is -0.312. The van der Waals surface area contributed by atoms with Gasteiger partial charge in [0.15, 0.2) is 0 Å². The Balaban J connectivity index is 1.46. The molecule has 0 aromatic heterocycles. The van der Waals surface area contributed by atoms with Gasteiger partial charge in [0.05, 0.1) is 5.92 Å². The van der Waals surface area contributed by atoms with Gasteiger partial charge in [-0.1, -0.05) is 72.8 Å². The minimum absolute atomic E-state index is 0.0107. The normalized spacial score (nSPS) is 16.0. The Morgan fingerprint density at radius 3 is 2.16 bits per heavy atom. The van der Waals surface area contributed by atoms with Crippen LogP contribution >= 0.6 is 0 Å². The average Bonchev–Trinajstić information content (AvgIpc) is 3.18. The van der Waals surface area contributed by atoms with E-state index in [9.17, 15) is 9.59 Å². The monoisotopic (exact) mass is 412 g/mol. The predicted octanol–water partition coefficient (Wildman–Crippen LogP) is 4.60. The number of nitrogens with one attached hydrogen (secondary N) is 1. The third-order valence-electron chi connectivity index (χ3n) is 6.25. The minimum Gasteiger partial charge on any atom is -0.355 e. The first-order chi connectivity index (χ1) is 15.0. The van der Waals surface area contributed by atoms with Crippen LogP contribution in [0.1, 0.15) is 34.6 Å². The molecule has 2 amide bonds. The Bertz CT molecular complexity index is 1020. The fraction of sp³-hybridized carbons (Fsp3) is 0.259. The molecule has 1 N–H and O–H groups in total. The molecular weight excluding hydrogens is 384 g/mol. The predicted molar refractivity (Wildman–Crippen MR) is 124 cm³/mol. The number of benzene rings is 3. The first kappa shape index (κ1) is 20.9. The molecule has 0 spiro atoms. The van der Waals surface area contributed by atoms with Crippen LogP contribution in [0.5, 0.6) is 0 Å². The second-order valence-corrected chi connectivity index (χ2v) is 8.24. The Morgan fingerprint density at radius 1 is 0.935 bits per heavy atom. The van der Waals surface area contributed by atoms with Crippen molar-refractivity contribution in [2.75, 3.05) is 18.0 Å². The number of carbonyl (C=O) groups excluding carboxylic acids is 2. The summed E-state index contributed by atoms with van der Waals surface area (Å²) < 4.78 is 0. The largest absolute Gasteiger partial charge is 0.355 e. The molecular formula is C27H28N2O2. The van der Waals surface area contributed by atoms with Crippen LogP contribution in [0.25, 0.3) is 0 Å². The molecule has 3 aromatic carbocycles. The third-order valence-corrected chi connectivity index (χ3v) is 6.25. The molecule has 0 aliphatic carbocycles. The van der Waals surface area contributed by atoms with Gasteiger partial charge in [0, 0.05) is 31.1 Å². The molecule has 4 heteroatoms. The van der Waals surface area contributed by atoms with Crippen molar-refractivity contribution >= 4 is 17.5 Å². The van der Waals surface area contributed by atoms with Gasteiger partial charge >= 0.3 is 0 Å². The maximum Gasteiger partial charge on any atom is 0.227 e. The zero-order chi connectivity index (χ0) is 21.8. The summed E-state index contributed by atoms with van der Waals surface area (Å²) in [5.41, 5.74) is 5.46. The quantitative estimate of drug-likeness (QED) is 0.643. The fourth-order valence-electron chi connectivity index (χ4n) is 4.29. The van der Waals surface area contributed by atoms with Gasteiger partial charge in [-0.25, -0.2) is 0 Å². The molecule has 31 heavy (non-hydrogen) atoms. The smallest absolute Gasteiger partial charge is 0.227 e. The van der Waals surface area contributed by atoms with Gasteiger partial charge in [-0.2, -0.15) is 0 Å². The fourth-order valence-corrected chi connectivity index (χ4v) is 4.29. The van der Waals surface area contributed by atoms with Crippen molar-refractivity contribution in [2.24, 2.45) is 5.92 Å². The molecule has 0 radical (unpaired) electrons. The minimum atomic E-state index is -0.334. The van der Waals surface area contributed by atoms with Crippen LogP contribution < -0.4 is 10.2 Å². The van der Waals surface area contributed by atoms with E-state index in [1.165, 1.54) is 0 Å². The van der Waals surface area contributed by atoms with Crippen molar-refractivity contribution in [1.29, 1.82) is 0 Å². The van der Waals surface area contributed by atoms with E-state index >= 15 is 0 Å². The van der Waals surface area contributed by atoms with Crippen molar-refractivity contribution in [1.82, 2.24) is 5.32 Å². The van der Waals surface area contributed by atoms with Crippen LogP contribution in [0.2, 0.25) is 0 Å². The van der Waals surface area contributed by atoms with Gasteiger partial charge in [-0.15, -0.1) is 0 Å². The molecule has 0 bridgehead atoms. The summed E-state index contributed by atoms with van der Waals surface area (Å²) in [6.45, 7) is 4.99. The average molecular weight is 413 g/mol. The first-order valence-electron chi connectivity index (χ1n) is 10.8. The number of hydrogen-bond donors (Lipinski definition) is 1. The Labute approximate surface area is 183 Å². The van der Waals surface area contributed by atoms with E-state index in [2.05, 4.69) is 29.6 Å². The SMILES string of the molecule is Cc1cccc(N2C[C@H](C(=O)NCC(c3ccccc3)c3ccccc3)CC2=O)c1C. The zero-order valence-corrected chi connectivity index (χ0v) is 18.0. The number of nitrogens with zero attached hydrogens (tertiary/aromatic N) is 1. The topological polar surface area (TPSA) is 49.4 Å². The van der Waals surface area contributed by atoms with Crippen molar-refractivity contribution < 1.29 is 9.59 Å². The number of rotatable bonds is 6. The summed E-state index contributed by atoms with van der Waals surface area (Å²) >= 11 is 0. The second-order valence-electron chi connectivity index (χ2n) is 8.24. The highest BCUT2D eigenvalue weighted by atomic mass is 16.2. The Kier molecular flexibility index (Phi) is 6.17. The van der Waals surface area contributed by atoms with Crippen molar-refractivity contribution in [2.45, 2.75) is 26.2 Å².